The Bertz CT molecular complexity index is 1220. The molecule has 1 heterocycles. The van der Waals surface area contributed by atoms with Gasteiger partial charge in [-0.25, -0.2) is 0 Å². The first kappa shape index (κ1) is 31.9. The molecule has 1 saturated heterocycles. The summed E-state index contributed by atoms with van der Waals surface area (Å²) >= 11 is 0. The molecule has 0 unspecified atom stereocenters. The average Bonchev–Trinajstić information content (AvgIpc) is 3.23. The van der Waals surface area contributed by atoms with Gasteiger partial charge in [0.2, 0.25) is 0 Å². The van der Waals surface area contributed by atoms with Crippen LogP contribution < -0.4 is 0 Å². The second-order valence-corrected chi connectivity index (χ2v) is 22.3. The zero-order valence-corrected chi connectivity index (χ0v) is 29.2. The van der Waals surface area contributed by atoms with Crippen LogP contribution >= 0.6 is 0 Å². The Labute approximate surface area is 261 Å². The van der Waals surface area contributed by atoms with E-state index in [2.05, 4.69) is 78.9 Å². The lowest BCUT2D eigenvalue weighted by Crippen LogP contribution is -2.57. The summed E-state index contributed by atoms with van der Waals surface area (Å²) in [6.07, 6.45) is 7.51. The molecule has 6 rings (SSSR count). The summed E-state index contributed by atoms with van der Waals surface area (Å²) < 4.78 is 19.3. The third-order valence-electron chi connectivity index (χ3n) is 12.9. The molecule has 240 valence electrons. The van der Waals surface area contributed by atoms with Gasteiger partial charge in [-0.2, -0.15) is 0 Å². The number of allylic oxidation sites excluding steroid dienone is 1. The van der Waals surface area contributed by atoms with E-state index >= 15 is 0 Å². The molecule has 0 radical (unpaired) electrons. The van der Waals surface area contributed by atoms with E-state index in [4.69, 9.17) is 13.9 Å². The molecule has 0 aromatic heterocycles. The minimum atomic E-state index is -1.76. The van der Waals surface area contributed by atoms with Crippen LogP contribution in [0.4, 0.5) is 0 Å². The summed E-state index contributed by atoms with van der Waals surface area (Å²) in [6.45, 7) is 20.3. The number of hydrogen-bond acceptors (Lipinski definition) is 5. The molecule has 6 heteroatoms. The molecule has 4 fully saturated rings. The van der Waals surface area contributed by atoms with Gasteiger partial charge in [0.15, 0.2) is 14.1 Å². The fourth-order valence-electron chi connectivity index (χ4n) is 9.08. The Morgan fingerprint density at radius 1 is 0.977 bits per heavy atom. The summed E-state index contributed by atoms with van der Waals surface area (Å²) in [5.74, 6) is 0.461. The van der Waals surface area contributed by atoms with Gasteiger partial charge >= 0.3 is 0 Å². The molecule has 1 aromatic rings. The predicted octanol–water partition coefficient (Wildman–Crippen LogP) is 7.91. The van der Waals surface area contributed by atoms with Crippen LogP contribution in [-0.2, 0) is 20.3 Å². The Hall–Kier alpha value is -1.02. The number of rotatable bonds is 5. The molecule has 6 atom stereocenters. The second-order valence-electron chi connectivity index (χ2n) is 17.5. The van der Waals surface area contributed by atoms with Crippen molar-refractivity contribution in [2.24, 2.45) is 22.7 Å². The molecular formula is C37H58O5Si. The SMILES string of the molecule is CC1(C)COC2(CCC3=C4[C@@H](CC[C@@]3(O)C2)[C@@H]2CC[C@H](O)[C@@]2(C)C[C@@H]4c2ccc(CCO[Si](C)(C)C(C)(C)C)cc2)OC1. The highest BCUT2D eigenvalue weighted by atomic mass is 28.4. The van der Waals surface area contributed by atoms with Crippen molar-refractivity contribution < 1.29 is 24.1 Å². The van der Waals surface area contributed by atoms with E-state index < -0.39 is 19.7 Å². The highest BCUT2D eigenvalue weighted by Gasteiger charge is 2.60. The van der Waals surface area contributed by atoms with E-state index in [1.54, 1.807) is 0 Å². The van der Waals surface area contributed by atoms with Crippen molar-refractivity contribution >= 4 is 8.32 Å². The normalized spacial score (nSPS) is 37.2. The number of benzene rings is 1. The van der Waals surface area contributed by atoms with E-state index in [9.17, 15) is 10.2 Å². The van der Waals surface area contributed by atoms with Crippen LogP contribution in [0.5, 0.6) is 0 Å². The zero-order valence-electron chi connectivity index (χ0n) is 28.2. The Morgan fingerprint density at radius 3 is 2.30 bits per heavy atom. The van der Waals surface area contributed by atoms with Gasteiger partial charge in [0.25, 0.3) is 0 Å². The fraction of sp³-hybridized carbons (Fsp3) is 0.784. The fourth-order valence-corrected chi connectivity index (χ4v) is 10.1. The Balaban J connectivity index is 1.28. The summed E-state index contributed by atoms with van der Waals surface area (Å²) in [6, 6.07) is 9.24. The molecule has 1 spiro atoms. The van der Waals surface area contributed by atoms with E-state index in [0.29, 0.717) is 31.5 Å². The lowest BCUT2D eigenvalue weighted by Gasteiger charge is -2.57. The Kier molecular flexibility index (Phi) is 8.00. The smallest absolute Gasteiger partial charge is 0.191 e. The average molecular weight is 611 g/mol. The van der Waals surface area contributed by atoms with Gasteiger partial charge in [-0.1, -0.05) is 71.4 Å². The van der Waals surface area contributed by atoms with Gasteiger partial charge in [0, 0.05) is 30.8 Å². The monoisotopic (exact) mass is 610 g/mol. The van der Waals surface area contributed by atoms with Crippen molar-refractivity contribution in [3.05, 3.63) is 46.5 Å². The van der Waals surface area contributed by atoms with Crippen molar-refractivity contribution in [1.29, 1.82) is 0 Å². The van der Waals surface area contributed by atoms with Gasteiger partial charge in [-0.3, -0.25) is 0 Å². The lowest BCUT2D eigenvalue weighted by molar-refractivity contribution is -0.322. The number of fused-ring (bicyclic) bond motifs is 4. The predicted molar refractivity (Wildman–Crippen MR) is 174 cm³/mol. The molecule has 1 aromatic carbocycles. The highest BCUT2D eigenvalue weighted by molar-refractivity contribution is 6.74. The molecule has 1 aliphatic heterocycles. The zero-order chi connectivity index (χ0) is 31.1. The maximum atomic E-state index is 12.4. The standard InChI is InChI=1S/C37H58O5Si/c1-33(2,3)43(7,8)42-20-17-25-9-11-26(12-10-25)28-21-35(6)29(13-14-31(35)38)27-15-18-36(39)22-37(19-16-30(36)32(27)28)40-23-34(4,5)24-41-37/h9-12,27-29,31,38-39H,13-24H2,1-8H3/t27-,28+,29-,31-,35-,36+/m0/s1. The van der Waals surface area contributed by atoms with Crippen LogP contribution in [0, 0.1) is 22.7 Å². The van der Waals surface area contributed by atoms with Crippen LogP contribution in [0.2, 0.25) is 18.1 Å². The van der Waals surface area contributed by atoms with Gasteiger partial charge in [-0.15, -0.1) is 0 Å². The van der Waals surface area contributed by atoms with E-state index in [1.165, 1.54) is 22.3 Å². The van der Waals surface area contributed by atoms with Crippen LogP contribution in [0.15, 0.2) is 35.4 Å². The van der Waals surface area contributed by atoms with E-state index in [1.807, 2.05) is 0 Å². The number of aliphatic hydroxyl groups excluding tert-OH is 1. The third-order valence-corrected chi connectivity index (χ3v) is 17.4. The maximum Gasteiger partial charge on any atom is 0.191 e. The molecule has 5 aliphatic rings. The first-order chi connectivity index (χ1) is 20.0. The van der Waals surface area contributed by atoms with E-state index in [0.717, 1.165) is 58.0 Å². The largest absolute Gasteiger partial charge is 0.416 e. The van der Waals surface area contributed by atoms with Crippen molar-refractivity contribution in [3.63, 3.8) is 0 Å². The van der Waals surface area contributed by atoms with Crippen molar-refractivity contribution in [1.82, 2.24) is 0 Å². The molecule has 0 amide bonds. The molecule has 43 heavy (non-hydrogen) atoms. The molecule has 5 nitrogen and oxygen atoms in total. The van der Waals surface area contributed by atoms with Crippen molar-refractivity contribution in [2.75, 3.05) is 19.8 Å². The van der Waals surface area contributed by atoms with Gasteiger partial charge in [-0.05, 0) is 97.0 Å². The first-order valence-electron chi connectivity index (χ1n) is 17.1. The Morgan fingerprint density at radius 2 is 1.65 bits per heavy atom. The van der Waals surface area contributed by atoms with Gasteiger partial charge < -0.3 is 24.1 Å². The van der Waals surface area contributed by atoms with E-state index in [-0.39, 0.29) is 27.9 Å². The second kappa shape index (κ2) is 10.8. The maximum absolute atomic E-state index is 12.4. The minimum Gasteiger partial charge on any atom is -0.416 e. The molecule has 4 aliphatic carbocycles. The number of hydrogen-bond donors (Lipinski definition) is 2. The molecular weight excluding hydrogens is 552 g/mol. The molecule has 2 N–H and O–H groups in total. The van der Waals surface area contributed by atoms with Crippen molar-refractivity contribution in [3.8, 4) is 0 Å². The van der Waals surface area contributed by atoms with Gasteiger partial charge in [0.05, 0.1) is 24.9 Å². The number of aliphatic hydroxyl groups is 2. The summed E-state index contributed by atoms with van der Waals surface area (Å²) in [7, 11) is -1.76. The summed E-state index contributed by atoms with van der Waals surface area (Å²) in [4.78, 5) is 0. The minimum absolute atomic E-state index is 0.00945. The topological polar surface area (TPSA) is 68.2 Å². The molecule has 3 saturated carbocycles. The number of ether oxygens (including phenoxy) is 2. The lowest BCUT2D eigenvalue weighted by atomic mass is 9.51. The highest BCUT2D eigenvalue weighted by Crippen LogP contribution is 2.65. The van der Waals surface area contributed by atoms with Crippen LogP contribution in [0.3, 0.4) is 0 Å². The van der Waals surface area contributed by atoms with Crippen LogP contribution in [-0.4, -0.2) is 55.8 Å². The summed E-state index contributed by atoms with van der Waals surface area (Å²) in [5, 5.41) is 23.9. The third kappa shape index (κ3) is 5.65. The van der Waals surface area contributed by atoms with Gasteiger partial charge in [0.1, 0.15) is 0 Å². The molecule has 0 bridgehead atoms. The first-order valence-corrected chi connectivity index (χ1v) is 20.0. The van der Waals surface area contributed by atoms with Crippen molar-refractivity contribution in [2.45, 2.75) is 141 Å². The van der Waals surface area contributed by atoms with Crippen LogP contribution in [0.25, 0.3) is 0 Å². The van der Waals surface area contributed by atoms with Crippen LogP contribution in [0.1, 0.15) is 110 Å². The summed E-state index contributed by atoms with van der Waals surface area (Å²) in [5.41, 5.74) is 4.45. The quantitative estimate of drug-likeness (QED) is 0.262.